The standard InChI is InChI=1S/C20H18N4O3/c1-26-15-10-8-14(9-11-15)17-12-16(13-6-4-3-5-7-13)21-20-22-18(19(25)27-2)23-24(17)20/h3-12,17H,1-2H3,(H,21,22,23). The molecule has 136 valence electrons. The minimum absolute atomic E-state index is 0.0150. The molecule has 2 heterocycles. The van der Waals surface area contributed by atoms with E-state index in [2.05, 4.69) is 21.5 Å². The van der Waals surface area contributed by atoms with Crippen LogP contribution in [0.4, 0.5) is 5.95 Å². The lowest BCUT2D eigenvalue weighted by molar-refractivity contribution is 0.0586. The fourth-order valence-electron chi connectivity index (χ4n) is 3.00. The van der Waals surface area contributed by atoms with E-state index in [1.807, 2.05) is 54.6 Å². The number of carbonyl (C=O) groups excluding carboxylic acids is 1. The molecule has 7 nitrogen and oxygen atoms in total. The van der Waals surface area contributed by atoms with Crippen molar-refractivity contribution >= 4 is 17.6 Å². The van der Waals surface area contributed by atoms with E-state index in [1.54, 1.807) is 11.8 Å². The molecule has 4 rings (SSSR count). The van der Waals surface area contributed by atoms with Crippen LogP contribution in [0.2, 0.25) is 0 Å². The number of carbonyl (C=O) groups is 1. The zero-order valence-corrected chi connectivity index (χ0v) is 14.9. The van der Waals surface area contributed by atoms with E-state index in [4.69, 9.17) is 9.47 Å². The minimum Gasteiger partial charge on any atom is -0.497 e. The molecule has 1 aliphatic rings. The highest BCUT2D eigenvalue weighted by Crippen LogP contribution is 2.33. The normalized spacial score (nSPS) is 15.3. The molecule has 7 heteroatoms. The predicted molar refractivity (Wildman–Crippen MR) is 101 cm³/mol. The van der Waals surface area contributed by atoms with Crippen molar-refractivity contribution in [3.8, 4) is 5.75 Å². The summed E-state index contributed by atoms with van der Waals surface area (Å²) in [6.07, 6.45) is 2.06. The molecule has 1 aliphatic heterocycles. The average Bonchev–Trinajstić information content (AvgIpc) is 3.17. The summed E-state index contributed by atoms with van der Waals surface area (Å²) in [5.41, 5.74) is 2.91. The molecule has 1 N–H and O–H groups in total. The zero-order valence-electron chi connectivity index (χ0n) is 14.9. The SMILES string of the molecule is COC(=O)c1nc2n(n1)C(c1ccc(OC)cc1)C=C(c1ccccc1)N2. The van der Waals surface area contributed by atoms with E-state index in [-0.39, 0.29) is 11.9 Å². The summed E-state index contributed by atoms with van der Waals surface area (Å²) < 4.78 is 11.7. The second-order valence-corrected chi connectivity index (χ2v) is 5.98. The smallest absolute Gasteiger partial charge is 0.378 e. The first-order chi connectivity index (χ1) is 13.2. The summed E-state index contributed by atoms with van der Waals surface area (Å²) in [5, 5.41) is 7.60. The molecule has 0 aliphatic carbocycles. The van der Waals surface area contributed by atoms with E-state index in [9.17, 15) is 4.79 Å². The zero-order chi connectivity index (χ0) is 18.8. The third kappa shape index (κ3) is 3.15. The summed E-state index contributed by atoms with van der Waals surface area (Å²) in [4.78, 5) is 16.2. The van der Waals surface area contributed by atoms with Gasteiger partial charge >= 0.3 is 5.97 Å². The van der Waals surface area contributed by atoms with Crippen molar-refractivity contribution in [1.29, 1.82) is 0 Å². The molecule has 0 amide bonds. The number of nitrogens with zero attached hydrogens (tertiary/aromatic N) is 3. The Balaban J connectivity index is 1.81. The number of allylic oxidation sites excluding steroid dienone is 1. The van der Waals surface area contributed by atoms with Gasteiger partial charge in [0.1, 0.15) is 11.8 Å². The monoisotopic (exact) mass is 362 g/mol. The van der Waals surface area contributed by atoms with Crippen molar-refractivity contribution in [2.45, 2.75) is 6.04 Å². The number of benzene rings is 2. The van der Waals surface area contributed by atoms with Gasteiger partial charge in [-0.25, -0.2) is 9.48 Å². The Labute approximate surface area is 156 Å². The first-order valence-electron chi connectivity index (χ1n) is 8.42. The third-order valence-corrected chi connectivity index (χ3v) is 4.38. The highest BCUT2D eigenvalue weighted by atomic mass is 16.5. The highest BCUT2D eigenvalue weighted by molar-refractivity contribution is 5.86. The summed E-state index contributed by atoms with van der Waals surface area (Å²) in [5.74, 6) is 0.696. The number of aromatic nitrogens is 3. The second kappa shape index (κ2) is 6.95. The van der Waals surface area contributed by atoms with Crippen LogP contribution in [0, 0.1) is 0 Å². The van der Waals surface area contributed by atoms with Crippen LogP contribution < -0.4 is 10.1 Å². The molecule has 0 fully saturated rings. The number of methoxy groups -OCH3 is 2. The van der Waals surface area contributed by atoms with E-state index in [1.165, 1.54) is 7.11 Å². The lowest BCUT2D eigenvalue weighted by Gasteiger charge is -2.24. The summed E-state index contributed by atoms with van der Waals surface area (Å²) >= 11 is 0. The topological polar surface area (TPSA) is 78.3 Å². The largest absolute Gasteiger partial charge is 0.497 e. The van der Waals surface area contributed by atoms with Gasteiger partial charge in [0.25, 0.3) is 5.82 Å². The molecular weight excluding hydrogens is 344 g/mol. The van der Waals surface area contributed by atoms with Crippen molar-refractivity contribution in [2.24, 2.45) is 0 Å². The van der Waals surface area contributed by atoms with Crippen molar-refractivity contribution in [3.05, 3.63) is 77.6 Å². The van der Waals surface area contributed by atoms with Gasteiger partial charge < -0.3 is 14.8 Å². The third-order valence-electron chi connectivity index (χ3n) is 4.38. The molecule has 3 aromatic rings. The van der Waals surface area contributed by atoms with Gasteiger partial charge in [0.05, 0.1) is 14.2 Å². The lowest BCUT2D eigenvalue weighted by atomic mass is 10.0. The van der Waals surface area contributed by atoms with Crippen LogP contribution in [0.1, 0.15) is 27.8 Å². The molecule has 1 unspecified atom stereocenters. The van der Waals surface area contributed by atoms with Crippen molar-refractivity contribution in [2.75, 3.05) is 19.5 Å². The average molecular weight is 362 g/mol. The number of anilines is 1. The molecule has 1 atom stereocenters. The number of hydrogen-bond donors (Lipinski definition) is 1. The van der Waals surface area contributed by atoms with E-state index >= 15 is 0 Å². The molecule has 0 radical (unpaired) electrons. The molecule has 0 saturated heterocycles. The molecule has 0 bridgehead atoms. The summed E-state index contributed by atoms with van der Waals surface area (Å²) in [6, 6.07) is 17.4. The summed E-state index contributed by atoms with van der Waals surface area (Å²) in [7, 11) is 2.94. The number of nitrogens with one attached hydrogen (secondary N) is 1. The Morgan fingerprint density at radius 3 is 2.48 bits per heavy atom. The maximum Gasteiger partial charge on any atom is 0.378 e. The fraction of sp³-hybridized carbons (Fsp3) is 0.150. The Morgan fingerprint density at radius 1 is 1.07 bits per heavy atom. The van der Waals surface area contributed by atoms with Gasteiger partial charge in [-0.05, 0) is 29.3 Å². The maximum absolute atomic E-state index is 11.9. The van der Waals surface area contributed by atoms with Crippen LogP contribution in [0.5, 0.6) is 5.75 Å². The summed E-state index contributed by atoms with van der Waals surface area (Å²) in [6.45, 7) is 0. The fourth-order valence-corrected chi connectivity index (χ4v) is 3.00. The van der Waals surface area contributed by atoms with Gasteiger partial charge in [-0.1, -0.05) is 42.5 Å². The van der Waals surface area contributed by atoms with E-state index < -0.39 is 5.97 Å². The van der Waals surface area contributed by atoms with Gasteiger partial charge in [0, 0.05) is 5.70 Å². The first-order valence-corrected chi connectivity index (χ1v) is 8.42. The Morgan fingerprint density at radius 2 is 1.81 bits per heavy atom. The first kappa shape index (κ1) is 16.8. The number of esters is 1. The highest BCUT2D eigenvalue weighted by Gasteiger charge is 2.27. The van der Waals surface area contributed by atoms with Crippen molar-refractivity contribution in [1.82, 2.24) is 14.8 Å². The molecule has 0 saturated carbocycles. The number of fused-ring (bicyclic) bond motifs is 1. The molecule has 2 aromatic carbocycles. The number of rotatable bonds is 4. The number of ether oxygens (including phenoxy) is 2. The lowest BCUT2D eigenvalue weighted by Crippen LogP contribution is -2.20. The van der Waals surface area contributed by atoms with Gasteiger partial charge in [-0.15, -0.1) is 5.10 Å². The van der Waals surface area contributed by atoms with Crippen LogP contribution in [-0.4, -0.2) is 35.0 Å². The Bertz CT molecular complexity index is 994. The molecule has 27 heavy (non-hydrogen) atoms. The van der Waals surface area contributed by atoms with Crippen molar-refractivity contribution < 1.29 is 14.3 Å². The van der Waals surface area contributed by atoms with Gasteiger partial charge in [-0.3, -0.25) is 0 Å². The predicted octanol–water partition coefficient (Wildman–Crippen LogP) is 3.13. The quantitative estimate of drug-likeness (QED) is 0.719. The van der Waals surface area contributed by atoms with Gasteiger partial charge in [0.2, 0.25) is 5.95 Å². The molecule has 0 spiro atoms. The Kier molecular flexibility index (Phi) is 4.33. The van der Waals surface area contributed by atoms with Gasteiger partial charge in [-0.2, -0.15) is 4.98 Å². The van der Waals surface area contributed by atoms with Crippen LogP contribution in [-0.2, 0) is 4.74 Å². The van der Waals surface area contributed by atoms with Crippen LogP contribution in [0.15, 0.2) is 60.7 Å². The van der Waals surface area contributed by atoms with Crippen LogP contribution in [0.3, 0.4) is 0 Å². The van der Waals surface area contributed by atoms with Crippen LogP contribution >= 0.6 is 0 Å². The maximum atomic E-state index is 11.9. The molecular formula is C20H18N4O3. The second-order valence-electron chi connectivity index (χ2n) is 5.98. The van der Waals surface area contributed by atoms with E-state index in [0.29, 0.717) is 5.95 Å². The minimum atomic E-state index is -0.576. The molecule has 1 aromatic heterocycles. The Hall–Kier alpha value is -3.61. The van der Waals surface area contributed by atoms with Crippen molar-refractivity contribution in [3.63, 3.8) is 0 Å². The van der Waals surface area contributed by atoms with Crippen LogP contribution in [0.25, 0.3) is 5.70 Å². The number of hydrogen-bond acceptors (Lipinski definition) is 6. The van der Waals surface area contributed by atoms with Gasteiger partial charge in [0.15, 0.2) is 0 Å². The van der Waals surface area contributed by atoms with E-state index in [0.717, 1.165) is 22.6 Å².